The van der Waals surface area contributed by atoms with Crippen molar-refractivity contribution in [1.29, 1.82) is 0 Å². The van der Waals surface area contributed by atoms with Gasteiger partial charge in [0, 0.05) is 18.3 Å². The van der Waals surface area contributed by atoms with Crippen LogP contribution in [0.5, 0.6) is 0 Å². The number of aromatic nitrogens is 3. The highest BCUT2D eigenvalue weighted by Gasteiger charge is 2.19. The van der Waals surface area contributed by atoms with E-state index in [2.05, 4.69) is 22.4 Å². The lowest BCUT2D eigenvalue weighted by molar-refractivity contribution is -0.115. The molecule has 1 heterocycles. The Labute approximate surface area is 157 Å². The monoisotopic (exact) mass is 366 g/mol. The molecule has 5 nitrogen and oxygen atoms in total. The number of thioether (sulfide) groups is 1. The van der Waals surface area contributed by atoms with Gasteiger partial charge >= 0.3 is 0 Å². The predicted octanol–water partition coefficient (Wildman–Crippen LogP) is 4.16. The van der Waals surface area contributed by atoms with Gasteiger partial charge in [-0.2, -0.15) is 0 Å². The van der Waals surface area contributed by atoms with E-state index in [1.807, 2.05) is 73.1 Å². The third-order valence-electron chi connectivity index (χ3n) is 4.15. The van der Waals surface area contributed by atoms with E-state index >= 15 is 0 Å². The number of rotatable bonds is 6. The number of benzene rings is 2. The van der Waals surface area contributed by atoms with Crippen molar-refractivity contribution in [2.24, 2.45) is 7.05 Å². The fraction of sp³-hybridized carbons (Fsp3) is 0.250. The molecule has 26 heavy (non-hydrogen) atoms. The molecule has 1 N–H and O–H groups in total. The van der Waals surface area contributed by atoms with E-state index in [-0.39, 0.29) is 11.2 Å². The summed E-state index contributed by atoms with van der Waals surface area (Å²) in [6, 6.07) is 17.8. The Balaban J connectivity index is 1.66. The Morgan fingerprint density at radius 1 is 1.12 bits per heavy atom. The van der Waals surface area contributed by atoms with Gasteiger partial charge in [-0.05, 0) is 31.0 Å². The molecule has 3 rings (SSSR count). The van der Waals surface area contributed by atoms with Gasteiger partial charge in [-0.25, -0.2) is 0 Å². The van der Waals surface area contributed by atoms with Crippen molar-refractivity contribution in [3.63, 3.8) is 0 Å². The van der Waals surface area contributed by atoms with Gasteiger partial charge in [-0.1, -0.05) is 61.2 Å². The summed E-state index contributed by atoms with van der Waals surface area (Å²) in [5.41, 5.74) is 3.06. The molecule has 6 heteroatoms. The van der Waals surface area contributed by atoms with Crippen LogP contribution in [0.2, 0.25) is 0 Å². The lowest BCUT2D eigenvalue weighted by atomic mass is 10.1. The molecule has 0 aliphatic rings. The SMILES string of the molecule is CCc1ccc(NC(=O)C(C)Sc2nnc(-c3ccccc3)n2C)cc1. The molecule has 134 valence electrons. The normalized spacial score (nSPS) is 12.0. The van der Waals surface area contributed by atoms with Crippen LogP contribution in [0.3, 0.4) is 0 Å². The first-order valence-corrected chi connectivity index (χ1v) is 9.47. The molecule has 0 radical (unpaired) electrons. The van der Waals surface area contributed by atoms with E-state index < -0.39 is 0 Å². The Morgan fingerprint density at radius 3 is 2.46 bits per heavy atom. The molecule has 0 aliphatic heterocycles. The van der Waals surface area contributed by atoms with E-state index in [4.69, 9.17) is 0 Å². The summed E-state index contributed by atoms with van der Waals surface area (Å²) in [5, 5.41) is 11.9. The highest BCUT2D eigenvalue weighted by molar-refractivity contribution is 8.00. The maximum absolute atomic E-state index is 12.5. The number of nitrogens with zero attached hydrogens (tertiary/aromatic N) is 3. The van der Waals surface area contributed by atoms with Gasteiger partial charge in [0.15, 0.2) is 11.0 Å². The smallest absolute Gasteiger partial charge is 0.237 e. The Morgan fingerprint density at radius 2 is 1.81 bits per heavy atom. The molecule has 1 unspecified atom stereocenters. The summed E-state index contributed by atoms with van der Waals surface area (Å²) >= 11 is 1.40. The number of nitrogens with one attached hydrogen (secondary N) is 1. The number of amides is 1. The van der Waals surface area contributed by atoms with Crippen LogP contribution < -0.4 is 5.32 Å². The minimum atomic E-state index is -0.285. The maximum atomic E-state index is 12.5. The summed E-state index contributed by atoms with van der Waals surface area (Å²) in [6.07, 6.45) is 0.983. The van der Waals surface area contributed by atoms with Gasteiger partial charge in [0.1, 0.15) is 0 Å². The van der Waals surface area contributed by atoms with Gasteiger partial charge in [0.2, 0.25) is 5.91 Å². The standard InChI is InChI=1S/C20H22N4OS/c1-4-15-10-12-17(13-11-15)21-19(25)14(2)26-20-23-22-18(24(20)3)16-8-6-5-7-9-16/h5-14H,4H2,1-3H3,(H,21,25). The van der Waals surface area contributed by atoms with Gasteiger partial charge in [0.05, 0.1) is 5.25 Å². The first-order valence-electron chi connectivity index (χ1n) is 8.59. The van der Waals surface area contributed by atoms with E-state index in [0.717, 1.165) is 23.5 Å². The summed E-state index contributed by atoms with van der Waals surface area (Å²) in [7, 11) is 1.92. The van der Waals surface area contributed by atoms with Gasteiger partial charge < -0.3 is 9.88 Å². The van der Waals surface area contributed by atoms with E-state index in [0.29, 0.717) is 5.16 Å². The summed E-state index contributed by atoms with van der Waals surface area (Å²) in [4.78, 5) is 12.5. The predicted molar refractivity (Wildman–Crippen MR) is 106 cm³/mol. The van der Waals surface area contributed by atoms with Crippen molar-refractivity contribution < 1.29 is 4.79 Å². The number of hydrogen-bond donors (Lipinski definition) is 1. The van der Waals surface area contributed by atoms with Crippen LogP contribution in [0.1, 0.15) is 19.4 Å². The van der Waals surface area contributed by atoms with Crippen LogP contribution in [0, 0.1) is 0 Å². The third-order valence-corrected chi connectivity index (χ3v) is 5.28. The summed E-state index contributed by atoms with van der Waals surface area (Å²) in [5.74, 6) is 0.736. The Kier molecular flexibility index (Phi) is 5.73. The number of carbonyl (C=O) groups is 1. The van der Waals surface area contributed by atoms with Crippen LogP contribution in [0.4, 0.5) is 5.69 Å². The third kappa shape index (κ3) is 4.14. The highest BCUT2D eigenvalue weighted by Crippen LogP contribution is 2.26. The molecule has 1 amide bonds. The lowest BCUT2D eigenvalue weighted by Gasteiger charge is -2.12. The van der Waals surface area contributed by atoms with Crippen molar-refractivity contribution in [3.05, 3.63) is 60.2 Å². The van der Waals surface area contributed by atoms with Crippen molar-refractivity contribution in [2.75, 3.05) is 5.32 Å². The highest BCUT2D eigenvalue weighted by atomic mass is 32.2. The van der Waals surface area contributed by atoms with Crippen LogP contribution in [0.15, 0.2) is 59.8 Å². The fourth-order valence-corrected chi connectivity index (χ4v) is 3.35. The topological polar surface area (TPSA) is 59.8 Å². The molecule has 0 saturated carbocycles. The van der Waals surface area contributed by atoms with Crippen molar-refractivity contribution in [2.45, 2.75) is 30.7 Å². The average Bonchev–Trinajstić information content (AvgIpc) is 3.03. The number of anilines is 1. The largest absolute Gasteiger partial charge is 0.325 e. The summed E-state index contributed by atoms with van der Waals surface area (Å²) < 4.78 is 1.92. The Bertz CT molecular complexity index is 875. The minimum absolute atomic E-state index is 0.0523. The molecular weight excluding hydrogens is 344 g/mol. The molecule has 2 aromatic carbocycles. The van der Waals surface area contributed by atoms with E-state index in [1.165, 1.54) is 17.3 Å². The van der Waals surface area contributed by atoms with Crippen LogP contribution in [0.25, 0.3) is 11.4 Å². The molecule has 0 bridgehead atoms. The number of hydrogen-bond acceptors (Lipinski definition) is 4. The molecule has 0 fully saturated rings. The molecular formula is C20H22N4OS. The second-order valence-electron chi connectivity index (χ2n) is 6.03. The Hall–Kier alpha value is -2.60. The number of aryl methyl sites for hydroxylation is 1. The number of carbonyl (C=O) groups excluding carboxylic acids is 1. The van der Waals surface area contributed by atoms with Crippen LogP contribution in [-0.2, 0) is 18.3 Å². The minimum Gasteiger partial charge on any atom is -0.325 e. The van der Waals surface area contributed by atoms with Crippen LogP contribution >= 0.6 is 11.8 Å². The molecule has 0 aliphatic carbocycles. The quantitative estimate of drug-likeness (QED) is 0.665. The lowest BCUT2D eigenvalue weighted by Crippen LogP contribution is -2.22. The zero-order chi connectivity index (χ0) is 18.5. The second-order valence-corrected chi connectivity index (χ2v) is 7.34. The molecule has 0 saturated heterocycles. The maximum Gasteiger partial charge on any atom is 0.237 e. The first kappa shape index (κ1) is 18.2. The zero-order valence-electron chi connectivity index (χ0n) is 15.1. The van der Waals surface area contributed by atoms with Gasteiger partial charge in [-0.15, -0.1) is 10.2 Å². The van der Waals surface area contributed by atoms with E-state index in [1.54, 1.807) is 0 Å². The second kappa shape index (κ2) is 8.19. The van der Waals surface area contributed by atoms with Crippen molar-refractivity contribution >= 4 is 23.4 Å². The summed E-state index contributed by atoms with van der Waals surface area (Å²) in [6.45, 7) is 3.98. The molecule has 0 spiro atoms. The van der Waals surface area contributed by atoms with E-state index in [9.17, 15) is 4.79 Å². The zero-order valence-corrected chi connectivity index (χ0v) is 16.0. The fourth-order valence-electron chi connectivity index (χ4n) is 2.54. The first-order chi connectivity index (χ1) is 12.6. The van der Waals surface area contributed by atoms with Crippen molar-refractivity contribution in [3.8, 4) is 11.4 Å². The molecule has 1 aromatic heterocycles. The van der Waals surface area contributed by atoms with Crippen LogP contribution in [-0.4, -0.2) is 25.9 Å². The average molecular weight is 366 g/mol. The van der Waals surface area contributed by atoms with Gasteiger partial charge in [-0.3, -0.25) is 4.79 Å². The van der Waals surface area contributed by atoms with Gasteiger partial charge in [0.25, 0.3) is 0 Å². The molecule has 1 atom stereocenters. The van der Waals surface area contributed by atoms with Crippen molar-refractivity contribution in [1.82, 2.24) is 14.8 Å². The molecule has 3 aromatic rings.